The van der Waals surface area contributed by atoms with Crippen molar-refractivity contribution in [1.82, 2.24) is 10.2 Å². The number of nitrogens with zero attached hydrogens (tertiary/aromatic N) is 1. The molecule has 21 heavy (non-hydrogen) atoms. The van der Waals surface area contributed by atoms with Crippen LogP contribution in [0.3, 0.4) is 0 Å². The molecule has 1 aromatic rings. The lowest BCUT2D eigenvalue weighted by atomic mass is 10.3. The van der Waals surface area contributed by atoms with Gasteiger partial charge in [0.15, 0.2) is 4.90 Å². The van der Waals surface area contributed by atoms with Gasteiger partial charge in [0.2, 0.25) is 0 Å². The standard InChI is InChI=1S/C16H27N3OS/c1-2-3-14-21(20)16-6-4-15(5-7-16)18-10-13-19-11-8-17-9-12-19/h4-7,17-18H,2-3,8-14H2,1H3. The number of anilines is 1. The van der Waals surface area contributed by atoms with E-state index in [2.05, 4.69) is 22.5 Å². The molecule has 1 atom stereocenters. The molecule has 2 N–H and O–H groups in total. The number of hydrogen-bond donors (Lipinski definition) is 2. The minimum atomic E-state index is -0.844. The first-order valence-corrected chi connectivity index (χ1v) is 9.27. The van der Waals surface area contributed by atoms with Crippen molar-refractivity contribution in [3.63, 3.8) is 0 Å². The summed E-state index contributed by atoms with van der Waals surface area (Å²) < 4.78 is 12.0. The molecule has 0 radical (unpaired) electrons. The molecule has 1 unspecified atom stereocenters. The van der Waals surface area contributed by atoms with Crippen molar-refractivity contribution >= 4 is 16.9 Å². The van der Waals surface area contributed by atoms with Gasteiger partial charge in [-0.15, -0.1) is 0 Å². The summed E-state index contributed by atoms with van der Waals surface area (Å²) in [6.45, 7) is 8.62. The summed E-state index contributed by atoms with van der Waals surface area (Å²) in [5, 5.41) is 6.80. The molecular weight excluding hydrogens is 282 g/mol. The van der Waals surface area contributed by atoms with Crippen LogP contribution in [-0.2, 0) is 11.2 Å². The molecule has 1 fully saturated rings. The van der Waals surface area contributed by atoms with Gasteiger partial charge in [0, 0.05) is 45.0 Å². The van der Waals surface area contributed by atoms with Gasteiger partial charge in [-0.05, 0) is 41.9 Å². The number of unbranched alkanes of at least 4 members (excludes halogenated alkanes) is 1. The van der Waals surface area contributed by atoms with Crippen molar-refractivity contribution in [2.45, 2.75) is 24.7 Å². The second kappa shape index (κ2) is 9.30. The highest BCUT2D eigenvalue weighted by Gasteiger charge is 2.10. The Morgan fingerprint density at radius 3 is 2.62 bits per heavy atom. The van der Waals surface area contributed by atoms with Crippen LogP contribution in [0.25, 0.3) is 0 Å². The lowest BCUT2D eigenvalue weighted by molar-refractivity contribution is 0.249. The van der Waals surface area contributed by atoms with Crippen LogP contribution < -0.4 is 10.6 Å². The highest BCUT2D eigenvalue weighted by atomic mass is 32.2. The summed E-state index contributed by atoms with van der Waals surface area (Å²) in [7, 11) is 0. The summed E-state index contributed by atoms with van der Waals surface area (Å²) in [5.41, 5.74) is 1.11. The summed E-state index contributed by atoms with van der Waals surface area (Å²) in [5.74, 6) is 0.770. The van der Waals surface area contributed by atoms with Crippen molar-refractivity contribution in [2.75, 3.05) is 50.3 Å². The number of benzene rings is 1. The van der Waals surface area contributed by atoms with E-state index >= 15 is 0 Å². The predicted molar refractivity (Wildman–Crippen MR) is 90.4 cm³/mol. The smallest absolute Gasteiger partial charge is 0.152 e. The Balaban J connectivity index is 1.71. The molecule has 4 nitrogen and oxygen atoms in total. The third-order valence-electron chi connectivity index (χ3n) is 3.77. The van der Waals surface area contributed by atoms with Crippen LogP contribution >= 0.6 is 0 Å². The third-order valence-corrected chi connectivity index (χ3v) is 5.22. The van der Waals surface area contributed by atoms with E-state index in [9.17, 15) is 4.55 Å². The molecule has 1 aliphatic heterocycles. The van der Waals surface area contributed by atoms with Crippen LogP contribution in [0, 0.1) is 0 Å². The zero-order valence-electron chi connectivity index (χ0n) is 12.9. The number of nitrogens with one attached hydrogen (secondary N) is 2. The molecule has 0 bridgehead atoms. The number of hydrogen-bond acceptors (Lipinski definition) is 4. The van der Waals surface area contributed by atoms with E-state index in [-0.39, 0.29) is 0 Å². The summed E-state index contributed by atoms with van der Waals surface area (Å²) in [6, 6.07) is 8.05. The third kappa shape index (κ3) is 5.87. The minimum absolute atomic E-state index is 0.770. The van der Waals surface area contributed by atoms with E-state index in [4.69, 9.17) is 0 Å². The van der Waals surface area contributed by atoms with Gasteiger partial charge >= 0.3 is 0 Å². The van der Waals surface area contributed by atoms with Crippen LogP contribution in [0.2, 0.25) is 0 Å². The zero-order valence-corrected chi connectivity index (χ0v) is 13.8. The largest absolute Gasteiger partial charge is 0.611 e. The first kappa shape index (κ1) is 16.6. The fourth-order valence-electron chi connectivity index (χ4n) is 2.41. The monoisotopic (exact) mass is 309 g/mol. The molecule has 5 heteroatoms. The average molecular weight is 309 g/mol. The van der Waals surface area contributed by atoms with E-state index in [1.165, 1.54) is 0 Å². The Bertz CT molecular complexity index is 393. The molecule has 1 heterocycles. The second-order valence-corrected chi connectivity index (χ2v) is 7.02. The molecule has 0 aromatic heterocycles. The van der Waals surface area contributed by atoms with Crippen molar-refractivity contribution in [3.8, 4) is 0 Å². The molecule has 0 spiro atoms. The Morgan fingerprint density at radius 2 is 1.95 bits per heavy atom. The van der Waals surface area contributed by atoms with E-state index in [0.717, 1.165) is 68.4 Å². The van der Waals surface area contributed by atoms with Crippen LogP contribution in [0.1, 0.15) is 19.8 Å². The highest BCUT2D eigenvalue weighted by Crippen LogP contribution is 2.16. The quantitative estimate of drug-likeness (QED) is 0.720. The lowest BCUT2D eigenvalue weighted by Crippen LogP contribution is -2.45. The normalized spacial score (nSPS) is 17.6. The molecule has 0 amide bonds. The van der Waals surface area contributed by atoms with Crippen molar-refractivity contribution in [2.24, 2.45) is 0 Å². The van der Waals surface area contributed by atoms with Crippen LogP contribution in [-0.4, -0.2) is 54.5 Å². The maximum Gasteiger partial charge on any atom is 0.152 e. The van der Waals surface area contributed by atoms with E-state index in [1.54, 1.807) is 0 Å². The average Bonchev–Trinajstić information content (AvgIpc) is 2.54. The van der Waals surface area contributed by atoms with Crippen molar-refractivity contribution in [1.29, 1.82) is 0 Å². The fraction of sp³-hybridized carbons (Fsp3) is 0.625. The van der Waals surface area contributed by atoms with Gasteiger partial charge in [-0.3, -0.25) is 4.90 Å². The fourth-order valence-corrected chi connectivity index (χ4v) is 3.64. The van der Waals surface area contributed by atoms with Crippen molar-refractivity contribution < 1.29 is 4.55 Å². The lowest BCUT2D eigenvalue weighted by Gasteiger charge is -2.27. The van der Waals surface area contributed by atoms with E-state index in [0.29, 0.717) is 0 Å². The molecule has 1 aromatic carbocycles. The number of piperazine rings is 1. The van der Waals surface area contributed by atoms with E-state index in [1.807, 2.05) is 24.3 Å². The Hall–Kier alpha value is -0.750. The topological polar surface area (TPSA) is 50.4 Å². The Labute approximate surface area is 131 Å². The van der Waals surface area contributed by atoms with Crippen molar-refractivity contribution in [3.05, 3.63) is 24.3 Å². The maximum absolute atomic E-state index is 12.0. The van der Waals surface area contributed by atoms with Gasteiger partial charge in [-0.25, -0.2) is 0 Å². The minimum Gasteiger partial charge on any atom is -0.611 e. The molecule has 1 saturated heterocycles. The van der Waals surface area contributed by atoms with Gasteiger partial charge in [0.05, 0.1) is 0 Å². The Morgan fingerprint density at radius 1 is 1.24 bits per heavy atom. The van der Waals surface area contributed by atoms with Gasteiger partial charge in [0.25, 0.3) is 0 Å². The maximum atomic E-state index is 12.0. The van der Waals surface area contributed by atoms with Gasteiger partial charge in [-0.2, -0.15) is 0 Å². The van der Waals surface area contributed by atoms with Gasteiger partial charge < -0.3 is 15.2 Å². The molecule has 2 rings (SSSR count). The SMILES string of the molecule is CCCC[S+]([O-])c1ccc(NCCN2CCNCC2)cc1. The van der Waals surface area contributed by atoms with E-state index < -0.39 is 11.2 Å². The Kier molecular flexibility index (Phi) is 7.36. The van der Waals surface area contributed by atoms with Crippen LogP contribution in [0.5, 0.6) is 0 Å². The zero-order chi connectivity index (χ0) is 14.9. The molecule has 0 aliphatic carbocycles. The van der Waals surface area contributed by atoms with Crippen LogP contribution in [0.15, 0.2) is 29.2 Å². The molecule has 1 aliphatic rings. The van der Waals surface area contributed by atoms with Gasteiger partial charge in [0.1, 0.15) is 5.75 Å². The van der Waals surface area contributed by atoms with Gasteiger partial charge in [-0.1, -0.05) is 13.3 Å². The summed E-state index contributed by atoms with van der Waals surface area (Å²) in [4.78, 5) is 3.41. The summed E-state index contributed by atoms with van der Waals surface area (Å²) >= 11 is -0.844. The molecule has 0 saturated carbocycles. The first-order valence-electron chi connectivity index (χ1n) is 7.95. The predicted octanol–water partition coefficient (Wildman–Crippen LogP) is 1.91. The van der Waals surface area contributed by atoms with Crippen LogP contribution in [0.4, 0.5) is 5.69 Å². The summed E-state index contributed by atoms with van der Waals surface area (Å²) in [6.07, 6.45) is 2.12. The molecular formula is C16H27N3OS. The molecule has 118 valence electrons. The first-order chi connectivity index (χ1) is 10.3. The second-order valence-electron chi connectivity index (χ2n) is 5.45. The number of rotatable bonds is 8. The highest BCUT2D eigenvalue weighted by molar-refractivity contribution is 7.91.